The lowest BCUT2D eigenvalue weighted by molar-refractivity contribution is -0.122. The lowest BCUT2D eigenvalue weighted by atomic mass is 10.0. The van der Waals surface area contributed by atoms with E-state index in [4.69, 9.17) is 9.47 Å². The van der Waals surface area contributed by atoms with Gasteiger partial charge in [-0.05, 0) is 48.7 Å². The van der Waals surface area contributed by atoms with Gasteiger partial charge in [-0.1, -0.05) is 42.0 Å². The van der Waals surface area contributed by atoms with Crippen molar-refractivity contribution in [3.8, 4) is 11.5 Å². The smallest absolute Gasteiger partial charge is 0.234 e. The molecule has 1 aliphatic heterocycles. The van der Waals surface area contributed by atoms with E-state index in [1.165, 1.54) is 5.56 Å². The number of benzene rings is 2. The molecule has 0 bridgehead atoms. The summed E-state index contributed by atoms with van der Waals surface area (Å²) >= 11 is 1.65. The number of ether oxygens (including phenoxy) is 2. The molecule has 0 saturated carbocycles. The Morgan fingerprint density at radius 3 is 2.69 bits per heavy atom. The van der Waals surface area contributed by atoms with Crippen LogP contribution in [-0.2, 0) is 11.3 Å². The third-order valence-corrected chi connectivity index (χ3v) is 5.78. The Morgan fingerprint density at radius 2 is 1.93 bits per heavy atom. The first-order chi connectivity index (χ1) is 14.1. The van der Waals surface area contributed by atoms with Crippen molar-refractivity contribution in [1.29, 1.82) is 0 Å². The lowest BCUT2D eigenvalue weighted by Gasteiger charge is -2.21. The highest BCUT2D eigenvalue weighted by atomic mass is 32.1. The van der Waals surface area contributed by atoms with Crippen molar-refractivity contribution >= 4 is 17.2 Å². The fourth-order valence-electron chi connectivity index (χ4n) is 3.39. The van der Waals surface area contributed by atoms with Crippen LogP contribution in [0.25, 0.3) is 0 Å². The van der Waals surface area contributed by atoms with E-state index in [0.717, 1.165) is 27.5 Å². The van der Waals surface area contributed by atoms with Crippen LogP contribution in [0.2, 0.25) is 0 Å². The van der Waals surface area contributed by atoms with Gasteiger partial charge in [-0.25, -0.2) is 0 Å². The second kappa shape index (κ2) is 8.68. The van der Waals surface area contributed by atoms with Gasteiger partial charge in [0.25, 0.3) is 0 Å². The molecule has 1 N–H and O–H groups in total. The molecule has 0 spiro atoms. The van der Waals surface area contributed by atoms with Crippen LogP contribution in [-0.4, -0.2) is 31.2 Å². The standard InChI is InChI=1S/C23H24N2O3S/c1-16-5-8-18(9-6-16)23(21-4-3-11-29-21)24-22(26)14-25(2)13-17-7-10-19-20(12-17)28-15-27-19/h3-12,23H,13-15H2,1-2H3,(H,24,26). The Balaban J connectivity index is 1.40. The maximum Gasteiger partial charge on any atom is 0.234 e. The minimum atomic E-state index is -0.137. The zero-order chi connectivity index (χ0) is 20.2. The van der Waals surface area contributed by atoms with Gasteiger partial charge in [-0.3, -0.25) is 9.69 Å². The number of carbonyl (C=O) groups is 1. The first-order valence-corrected chi connectivity index (χ1v) is 10.4. The number of nitrogens with one attached hydrogen (secondary N) is 1. The largest absolute Gasteiger partial charge is 0.454 e. The number of carbonyl (C=O) groups excluding carboxylic acids is 1. The minimum absolute atomic E-state index is 0.00721. The molecule has 5 nitrogen and oxygen atoms in total. The second-order valence-corrected chi connectivity index (χ2v) is 8.27. The van der Waals surface area contributed by atoms with Crippen LogP contribution in [0, 0.1) is 6.92 Å². The number of rotatable bonds is 7. The summed E-state index contributed by atoms with van der Waals surface area (Å²) in [6.07, 6.45) is 0. The molecule has 4 rings (SSSR count). The molecule has 3 aromatic rings. The average molecular weight is 409 g/mol. The summed E-state index contributed by atoms with van der Waals surface area (Å²) in [7, 11) is 1.94. The Bertz CT molecular complexity index is 970. The highest BCUT2D eigenvalue weighted by molar-refractivity contribution is 7.10. The molecular formula is C23H24N2O3S. The first-order valence-electron chi connectivity index (χ1n) is 9.55. The quantitative estimate of drug-likeness (QED) is 0.639. The summed E-state index contributed by atoms with van der Waals surface area (Å²) in [4.78, 5) is 15.9. The molecule has 2 aromatic carbocycles. The van der Waals surface area contributed by atoms with Crippen molar-refractivity contribution in [1.82, 2.24) is 10.2 Å². The van der Waals surface area contributed by atoms with Gasteiger partial charge in [-0.2, -0.15) is 0 Å². The van der Waals surface area contributed by atoms with Gasteiger partial charge in [-0.15, -0.1) is 11.3 Å². The van der Waals surface area contributed by atoms with E-state index < -0.39 is 0 Å². The van der Waals surface area contributed by atoms with E-state index in [2.05, 4.69) is 42.6 Å². The Hall–Kier alpha value is -2.83. The Morgan fingerprint density at radius 1 is 1.14 bits per heavy atom. The molecule has 1 atom stereocenters. The zero-order valence-electron chi connectivity index (χ0n) is 16.6. The van der Waals surface area contributed by atoms with Crippen LogP contribution in [0.1, 0.15) is 27.6 Å². The molecular weight excluding hydrogens is 384 g/mol. The van der Waals surface area contributed by atoms with Crippen molar-refractivity contribution < 1.29 is 14.3 Å². The van der Waals surface area contributed by atoms with Crippen molar-refractivity contribution in [2.24, 2.45) is 0 Å². The number of fused-ring (bicyclic) bond motifs is 1. The first kappa shape index (κ1) is 19.5. The summed E-state index contributed by atoms with van der Waals surface area (Å²) in [6, 6.07) is 18.1. The summed E-state index contributed by atoms with van der Waals surface area (Å²) in [5.41, 5.74) is 3.37. The summed E-state index contributed by atoms with van der Waals surface area (Å²) in [5.74, 6) is 1.52. The van der Waals surface area contributed by atoms with Gasteiger partial charge in [0.1, 0.15) is 0 Å². The minimum Gasteiger partial charge on any atom is -0.454 e. The van der Waals surface area contributed by atoms with E-state index in [1.807, 2.05) is 41.6 Å². The van der Waals surface area contributed by atoms with Gasteiger partial charge >= 0.3 is 0 Å². The molecule has 0 radical (unpaired) electrons. The number of thiophene rings is 1. The third kappa shape index (κ3) is 4.78. The molecule has 0 fully saturated rings. The van der Waals surface area contributed by atoms with Crippen LogP contribution >= 0.6 is 11.3 Å². The highest BCUT2D eigenvalue weighted by Crippen LogP contribution is 2.32. The monoisotopic (exact) mass is 408 g/mol. The van der Waals surface area contributed by atoms with Crippen LogP contribution in [0.3, 0.4) is 0 Å². The normalized spacial score (nSPS) is 13.5. The molecule has 2 heterocycles. The number of amides is 1. The molecule has 1 aromatic heterocycles. The van der Waals surface area contributed by atoms with Crippen LogP contribution in [0.5, 0.6) is 11.5 Å². The summed E-state index contributed by atoms with van der Waals surface area (Å²) in [5, 5.41) is 5.23. The van der Waals surface area contributed by atoms with E-state index in [1.54, 1.807) is 11.3 Å². The molecule has 1 unspecified atom stereocenters. The van der Waals surface area contributed by atoms with Gasteiger partial charge in [0.15, 0.2) is 11.5 Å². The van der Waals surface area contributed by atoms with E-state index >= 15 is 0 Å². The van der Waals surface area contributed by atoms with Crippen LogP contribution < -0.4 is 14.8 Å². The fraction of sp³-hybridized carbons (Fsp3) is 0.261. The molecule has 1 amide bonds. The maximum absolute atomic E-state index is 12.8. The lowest BCUT2D eigenvalue weighted by Crippen LogP contribution is -2.37. The van der Waals surface area contributed by atoms with Crippen LogP contribution in [0.15, 0.2) is 60.0 Å². The number of nitrogens with zero attached hydrogens (tertiary/aromatic N) is 1. The molecule has 0 saturated heterocycles. The van der Waals surface area contributed by atoms with Gasteiger partial charge in [0.2, 0.25) is 12.7 Å². The maximum atomic E-state index is 12.8. The number of aryl methyl sites for hydroxylation is 1. The molecule has 0 aliphatic carbocycles. The zero-order valence-corrected chi connectivity index (χ0v) is 17.4. The van der Waals surface area contributed by atoms with Gasteiger partial charge in [0.05, 0.1) is 12.6 Å². The Kier molecular flexibility index (Phi) is 5.83. The highest BCUT2D eigenvalue weighted by Gasteiger charge is 2.19. The van der Waals surface area contributed by atoms with Crippen molar-refractivity contribution in [2.45, 2.75) is 19.5 Å². The number of likely N-dealkylation sites (N-methyl/N-ethyl adjacent to an activating group) is 1. The predicted octanol–water partition coefficient (Wildman–Crippen LogP) is 4.12. The third-order valence-electron chi connectivity index (χ3n) is 4.85. The number of hydrogen-bond acceptors (Lipinski definition) is 5. The predicted molar refractivity (Wildman–Crippen MR) is 114 cm³/mol. The van der Waals surface area contributed by atoms with E-state index in [0.29, 0.717) is 13.1 Å². The van der Waals surface area contributed by atoms with Crippen molar-refractivity contribution in [2.75, 3.05) is 20.4 Å². The average Bonchev–Trinajstić information content (AvgIpc) is 3.38. The van der Waals surface area contributed by atoms with E-state index in [9.17, 15) is 4.79 Å². The summed E-state index contributed by atoms with van der Waals surface area (Å²) < 4.78 is 10.8. The van der Waals surface area contributed by atoms with E-state index in [-0.39, 0.29) is 18.7 Å². The van der Waals surface area contributed by atoms with Gasteiger partial charge in [0, 0.05) is 11.4 Å². The SMILES string of the molecule is Cc1ccc(C(NC(=O)CN(C)Cc2ccc3c(c2)OCO3)c2cccs2)cc1. The molecule has 6 heteroatoms. The molecule has 29 heavy (non-hydrogen) atoms. The molecule has 1 aliphatic rings. The topological polar surface area (TPSA) is 50.8 Å². The molecule has 150 valence electrons. The fourth-order valence-corrected chi connectivity index (χ4v) is 4.19. The van der Waals surface area contributed by atoms with Gasteiger partial charge < -0.3 is 14.8 Å². The van der Waals surface area contributed by atoms with Crippen LogP contribution in [0.4, 0.5) is 0 Å². The second-order valence-electron chi connectivity index (χ2n) is 7.29. The number of hydrogen-bond donors (Lipinski definition) is 1. The van der Waals surface area contributed by atoms with Crippen molar-refractivity contribution in [3.05, 3.63) is 81.5 Å². The van der Waals surface area contributed by atoms with Crippen molar-refractivity contribution in [3.63, 3.8) is 0 Å². The Labute approximate surface area is 174 Å². The summed E-state index contributed by atoms with van der Waals surface area (Å²) in [6.45, 7) is 3.29.